The number of pyridine rings is 1. The summed E-state index contributed by atoms with van der Waals surface area (Å²) in [5.74, 6) is -0.354. The molecule has 1 aliphatic rings. The molecule has 0 amide bonds. The Balaban J connectivity index is 1.37. The van der Waals surface area contributed by atoms with Gasteiger partial charge >= 0.3 is 0 Å². The SMILES string of the molecule is CC(C)(C#N)c1cc(-c2cnc(N)c(-c3nnc(-c4ccc(CNC5CCOCC5)cc4F)o3)n2)ccn1. The van der Waals surface area contributed by atoms with Gasteiger partial charge in [0.2, 0.25) is 0 Å². The van der Waals surface area contributed by atoms with Gasteiger partial charge in [-0.25, -0.2) is 14.4 Å². The number of hydrogen-bond acceptors (Lipinski definition) is 10. The standard InChI is InChI=1S/C27H27FN8O2/c1-27(2,15-29)22-12-17(5-8-31-22)21-14-33-24(30)23(34-21)26-36-35-25(38-26)19-4-3-16(11-20(19)28)13-32-18-6-9-37-10-7-18/h3-5,8,11-12,14,18,32H,6-7,9-10,13H2,1-2H3,(H2,30,33). The molecule has 11 heteroatoms. The van der Waals surface area contributed by atoms with Crippen molar-refractivity contribution < 1.29 is 13.5 Å². The number of halogens is 1. The largest absolute Gasteiger partial charge is 0.414 e. The van der Waals surface area contributed by atoms with Crippen LogP contribution in [0.5, 0.6) is 0 Å². The van der Waals surface area contributed by atoms with E-state index in [2.05, 4.69) is 36.5 Å². The van der Waals surface area contributed by atoms with Crippen LogP contribution in [0.25, 0.3) is 34.3 Å². The average Bonchev–Trinajstić information content (AvgIpc) is 3.42. The van der Waals surface area contributed by atoms with Crippen molar-refractivity contribution in [2.45, 2.75) is 44.7 Å². The summed E-state index contributed by atoms with van der Waals surface area (Å²) in [7, 11) is 0. The first-order valence-electron chi connectivity index (χ1n) is 12.3. The summed E-state index contributed by atoms with van der Waals surface area (Å²) in [6.07, 6.45) is 5.01. The zero-order valence-corrected chi connectivity index (χ0v) is 21.1. The average molecular weight is 515 g/mol. The molecular formula is C27H27FN8O2. The fourth-order valence-corrected chi connectivity index (χ4v) is 4.12. The van der Waals surface area contributed by atoms with Crippen LogP contribution in [-0.2, 0) is 16.7 Å². The molecule has 194 valence electrons. The van der Waals surface area contributed by atoms with Crippen LogP contribution in [0.1, 0.15) is 37.9 Å². The molecule has 3 aromatic heterocycles. The molecule has 0 spiro atoms. The summed E-state index contributed by atoms with van der Waals surface area (Å²) in [4.78, 5) is 13.1. The molecule has 1 fully saturated rings. The van der Waals surface area contributed by atoms with Crippen LogP contribution in [0.15, 0.2) is 47.1 Å². The van der Waals surface area contributed by atoms with Crippen molar-refractivity contribution in [3.8, 4) is 40.4 Å². The Kier molecular flexibility index (Phi) is 7.09. The molecule has 0 radical (unpaired) electrons. The molecule has 0 unspecified atom stereocenters. The summed E-state index contributed by atoms with van der Waals surface area (Å²) in [6.45, 7) is 5.61. The number of benzene rings is 1. The Morgan fingerprint density at radius 3 is 2.68 bits per heavy atom. The molecule has 38 heavy (non-hydrogen) atoms. The van der Waals surface area contributed by atoms with Gasteiger partial charge in [0.15, 0.2) is 11.5 Å². The Labute approximate surface area is 219 Å². The lowest BCUT2D eigenvalue weighted by molar-refractivity contribution is 0.0776. The minimum absolute atomic E-state index is 0.00927. The lowest BCUT2D eigenvalue weighted by Gasteiger charge is -2.23. The number of rotatable bonds is 7. The van der Waals surface area contributed by atoms with Crippen molar-refractivity contribution in [3.05, 3.63) is 59.8 Å². The first kappa shape index (κ1) is 25.4. The molecule has 4 aromatic rings. The summed E-state index contributed by atoms with van der Waals surface area (Å²) in [5.41, 5.74) is 8.24. The van der Waals surface area contributed by atoms with E-state index >= 15 is 0 Å². The fourth-order valence-electron chi connectivity index (χ4n) is 4.12. The predicted molar refractivity (Wildman–Crippen MR) is 138 cm³/mol. The second-order valence-corrected chi connectivity index (χ2v) is 9.65. The number of anilines is 1. The molecule has 0 atom stereocenters. The molecular weight excluding hydrogens is 487 g/mol. The number of nitrogens with two attached hydrogens (primary N) is 1. The number of ether oxygens (including phenoxy) is 1. The topological polar surface area (TPSA) is 149 Å². The zero-order valence-electron chi connectivity index (χ0n) is 21.1. The molecule has 1 saturated heterocycles. The Bertz CT molecular complexity index is 1490. The molecule has 5 rings (SSSR count). The third-order valence-corrected chi connectivity index (χ3v) is 6.48. The van der Waals surface area contributed by atoms with Gasteiger partial charge in [-0.05, 0) is 56.5 Å². The highest BCUT2D eigenvalue weighted by Gasteiger charge is 2.23. The van der Waals surface area contributed by atoms with E-state index in [4.69, 9.17) is 14.9 Å². The maximum absolute atomic E-state index is 15.0. The minimum atomic E-state index is -0.776. The minimum Gasteiger partial charge on any atom is -0.414 e. The summed E-state index contributed by atoms with van der Waals surface area (Å²) in [6, 6.07) is 11.0. The van der Waals surface area contributed by atoms with E-state index in [1.165, 1.54) is 12.3 Å². The van der Waals surface area contributed by atoms with Crippen molar-refractivity contribution in [2.75, 3.05) is 18.9 Å². The Morgan fingerprint density at radius 2 is 1.92 bits per heavy atom. The van der Waals surface area contributed by atoms with Gasteiger partial charge < -0.3 is 20.2 Å². The number of aromatic nitrogens is 5. The van der Waals surface area contributed by atoms with E-state index in [-0.39, 0.29) is 28.9 Å². The number of nitrogens with one attached hydrogen (secondary N) is 1. The number of hydrogen-bond donors (Lipinski definition) is 2. The van der Waals surface area contributed by atoms with Crippen LogP contribution in [0.3, 0.4) is 0 Å². The zero-order chi connectivity index (χ0) is 26.7. The van der Waals surface area contributed by atoms with E-state index in [0.717, 1.165) is 31.6 Å². The van der Waals surface area contributed by atoms with Crippen LogP contribution in [0.2, 0.25) is 0 Å². The monoisotopic (exact) mass is 514 g/mol. The molecule has 1 aromatic carbocycles. The van der Waals surface area contributed by atoms with E-state index in [9.17, 15) is 9.65 Å². The number of nitrogen functional groups attached to an aromatic ring is 1. The second-order valence-electron chi connectivity index (χ2n) is 9.65. The van der Waals surface area contributed by atoms with Crippen molar-refractivity contribution in [1.29, 1.82) is 5.26 Å². The smallest absolute Gasteiger partial charge is 0.270 e. The first-order valence-corrected chi connectivity index (χ1v) is 12.3. The van der Waals surface area contributed by atoms with Gasteiger partial charge in [-0.2, -0.15) is 5.26 Å². The lowest BCUT2D eigenvalue weighted by atomic mass is 9.90. The highest BCUT2D eigenvalue weighted by Crippen LogP contribution is 2.30. The van der Waals surface area contributed by atoms with Gasteiger partial charge in [-0.15, -0.1) is 10.2 Å². The van der Waals surface area contributed by atoms with E-state index in [0.29, 0.717) is 29.5 Å². The van der Waals surface area contributed by atoms with Gasteiger partial charge in [0.25, 0.3) is 11.8 Å². The van der Waals surface area contributed by atoms with Crippen LogP contribution >= 0.6 is 0 Å². The molecule has 4 heterocycles. The third kappa shape index (κ3) is 5.37. The van der Waals surface area contributed by atoms with Crippen LogP contribution in [0, 0.1) is 17.1 Å². The first-order chi connectivity index (χ1) is 18.3. The van der Waals surface area contributed by atoms with E-state index in [1.807, 2.05) is 6.07 Å². The van der Waals surface area contributed by atoms with Crippen LogP contribution in [0.4, 0.5) is 10.2 Å². The second kappa shape index (κ2) is 10.6. The molecule has 1 aliphatic heterocycles. The number of nitrogens with zero attached hydrogens (tertiary/aromatic N) is 6. The summed E-state index contributed by atoms with van der Waals surface area (Å²) in [5, 5.41) is 21.0. The Morgan fingerprint density at radius 1 is 1.13 bits per heavy atom. The van der Waals surface area contributed by atoms with Crippen LogP contribution in [-0.4, -0.2) is 44.4 Å². The normalized spacial score (nSPS) is 14.4. The third-order valence-electron chi connectivity index (χ3n) is 6.48. The van der Waals surface area contributed by atoms with Crippen molar-refractivity contribution >= 4 is 5.82 Å². The summed E-state index contributed by atoms with van der Waals surface area (Å²) < 4.78 is 26.1. The maximum Gasteiger partial charge on any atom is 0.270 e. The van der Waals surface area contributed by atoms with E-state index in [1.54, 1.807) is 38.2 Å². The van der Waals surface area contributed by atoms with Crippen LogP contribution < -0.4 is 11.1 Å². The van der Waals surface area contributed by atoms with Crippen molar-refractivity contribution in [3.63, 3.8) is 0 Å². The number of nitriles is 1. The van der Waals surface area contributed by atoms with Gasteiger partial charge in [0.1, 0.15) is 5.82 Å². The fraction of sp³-hybridized carbons (Fsp3) is 0.333. The van der Waals surface area contributed by atoms with Gasteiger partial charge in [0.05, 0.1) is 34.6 Å². The molecule has 0 bridgehead atoms. The van der Waals surface area contributed by atoms with Gasteiger partial charge in [-0.3, -0.25) is 4.98 Å². The van der Waals surface area contributed by atoms with Gasteiger partial charge in [-0.1, -0.05) is 6.07 Å². The summed E-state index contributed by atoms with van der Waals surface area (Å²) >= 11 is 0. The van der Waals surface area contributed by atoms with Crippen molar-refractivity contribution in [2.24, 2.45) is 0 Å². The highest BCUT2D eigenvalue weighted by molar-refractivity contribution is 5.69. The lowest BCUT2D eigenvalue weighted by Crippen LogP contribution is -2.34. The molecule has 10 nitrogen and oxygen atoms in total. The quantitative estimate of drug-likeness (QED) is 0.370. The molecule has 0 aliphatic carbocycles. The highest BCUT2D eigenvalue weighted by atomic mass is 19.1. The molecule has 0 saturated carbocycles. The molecule has 3 N–H and O–H groups in total. The predicted octanol–water partition coefficient (Wildman–Crippen LogP) is 4.05. The maximum atomic E-state index is 15.0. The van der Waals surface area contributed by atoms with E-state index < -0.39 is 11.2 Å². The van der Waals surface area contributed by atoms with Gasteiger partial charge in [0, 0.05) is 37.6 Å². The van der Waals surface area contributed by atoms with Crippen molar-refractivity contribution in [1.82, 2.24) is 30.5 Å². The Hall–Kier alpha value is -4.27.